The second kappa shape index (κ2) is 5.00. The summed E-state index contributed by atoms with van der Waals surface area (Å²) < 4.78 is 0. The Kier molecular flexibility index (Phi) is 3.20. The zero-order valence-electron chi connectivity index (χ0n) is 10.8. The maximum Gasteiger partial charge on any atom is 0.227 e. The second-order valence-corrected chi connectivity index (χ2v) is 5.26. The van der Waals surface area contributed by atoms with E-state index in [1.165, 1.54) is 5.56 Å². The minimum absolute atomic E-state index is 0.158. The number of hydrogen-bond acceptors (Lipinski definition) is 2. The number of likely N-dealkylation sites (tertiary alicyclic amines) is 1. The number of carbonyl (C=O) groups is 2. The molecule has 1 aliphatic heterocycles. The van der Waals surface area contributed by atoms with E-state index in [-0.39, 0.29) is 17.6 Å². The van der Waals surface area contributed by atoms with Gasteiger partial charge in [0, 0.05) is 37.1 Å². The first-order chi connectivity index (χ1) is 9.24. The molecule has 19 heavy (non-hydrogen) atoms. The van der Waals surface area contributed by atoms with Crippen LogP contribution in [-0.4, -0.2) is 23.1 Å². The van der Waals surface area contributed by atoms with Crippen molar-refractivity contribution in [2.24, 2.45) is 5.92 Å². The SMILES string of the molecule is O=C1C=C2C(CC1)CC(=O)N2CCc1ccccc1. The molecule has 1 aromatic rings. The van der Waals surface area contributed by atoms with Crippen LogP contribution in [0.25, 0.3) is 0 Å². The van der Waals surface area contributed by atoms with Crippen LogP contribution < -0.4 is 0 Å². The molecule has 98 valence electrons. The van der Waals surface area contributed by atoms with Crippen LogP contribution >= 0.6 is 0 Å². The molecule has 3 heteroatoms. The van der Waals surface area contributed by atoms with Crippen LogP contribution in [-0.2, 0) is 16.0 Å². The first-order valence-electron chi connectivity index (χ1n) is 6.83. The van der Waals surface area contributed by atoms with Gasteiger partial charge in [-0.15, -0.1) is 0 Å². The molecule has 1 unspecified atom stereocenters. The van der Waals surface area contributed by atoms with E-state index in [1.807, 2.05) is 23.1 Å². The molecule has 3 nitrogen and oxygen atoms in total. The van der Waals surface area contributed by atoms with E-state index in [4.69, 9.17) is 0 Å². The Balaban J connectivity index is 1.73. The number of carbonyl (C=O) groups excluding carboxylic acids is 2. The van der Waals surface area contributed by atoms with E-state index < -0.39 is 0 Å². The number of rotatable bonds is 3. The van der Waals surface area contributed by atoms with Gasteiger partial charge in [-0.3, -0.25) is 9.59 Å². The Bertz CT molecular complexity index is 533. The smallest absolute Gasteiger partial charge is 0.227 e. The summed E-state index contributed by atoms with van der Waals surface area (Å²) in [5.41, 5.74) is 2.18. The molecule has 0 bridgehead atoms. The molecule has 1 aromatic carbocycles. The fourth-order valence-electron chi connectivity index (χ4n) is 2.93. The molecule has 1 saturated heterocycles. The van der Waals surface area contributed by atoms with E-state index in [9.17, 15) is 9.59 Å². The number of nitrogens with zero attached hydrogens (tertiary/aromatic N) is 1. The van der Waals surface area contributed by atoms with Gasteiger partial charge in [-0.25, -0.2) is 0 Å². The summed E-state index contributed by atoms with van der Waals surface area (Å²) in [4.78, 5) is 25.4. The molecule has 0 aromatic heterocycles. The third-order valence-corrected chi connectivity index (χ3v) is 3.97. The Hall–Kier alpha value is -1.90. The molecule has 0 N–H and O–H groups in total. The number of hydrogen-bond donors (Lipinski definition) is 0. The van der Waals surface area contributed by atoms with E-state index in [1.54, 1.807) is 6.08 Å². The minimum Gasteiger partial charge on any atom is -0.315 e. The number of amides is 1. The van der Waals surface area contributed by atoms with Crippen molar-refractivity contribution in [1.29, 1.82) is 0 Å². The van der Waals surface area contributed by atoms with Crippen molar-refractivity contribution in [3.8, 4) is 0 Å². The number of allylic oxidation sites excluding steroid dienone is 2. The zero-order chi connectivity index (χ0) is 13.2. The Morgan fingerprint density at radius 3 is 2.74 bits per heavy atom. The average Bonchev–Trinajstić information content (AvgIpc) is 2.73. The van der Waals surface area contributed by atoms with Crippen molar-refractivity contribution in [3.63, 3.8) is 0 Å². The second-order valence-electron chi connectivity index (χ2n) is 5.26. The van der Waals surface area contributed by atoms with Crippen molar-refractivity contribution in [2.75, 3.05) is 6.54 Å². The molecule has 1 amide bonds. The lowest BCUT2D eigenvalue weighted by molar-refractivity contribution is -0.126. The first-order valence-corrected chi connectivity index (χ1v) is 6.83. The van der Waals surface area contributed by atoms with Gasteiger partial charge in [-0.1, -0.05) is 30.3 Å². The van der Waals surface area contributed by atoms with Crippen LogP contribution in [0.15, 0.2) is 42.1 Å². The molecule has 1 fully saturated rings. The van der Waals surface area contributed by atoms with Crippen LogP contribution in [0, 0.1) is 5.92 Å². The summed E-state index contributed by atoms with van der Waals surface area (Å²) in [7, 11) is 0. The molecule has 1 atom stereocenters. The highest BCUT2D eigenvalue weighted by Gasteiger charge is 2.36. The Labute approximate surface area is 112 Å². The molecule has 1 aliphatic carbocycles. The predicted molar refractivity (Wildman–Crippen MR) is 72.3 cm³/mol. The fraction of sp³-hybridized carbons (Fsp3) is 0.375. The Morgan fingerprint density at radius 2 is 1.95 bits per heavy atom. The third-order valence-electron chi connectivity index (χ3n) is 3.97. The summed E-state index contributed by atoms with van der Waals surface area (Å²) in [6.45, 7) is 0.679. The van der Waals surface area contributed by atoms with Crippen molar-refractivity contribution >= 4 is 11.7 Å². The summed E-state index contributed by atoms with van der Waals surface area (Å²) >= 11 is 0. The normalized spacial score (nSPS) is 22.4. The molecule has 2 aliphatic rings. The van der Waals surface area contributed by atoms with E-state index in [0.29, 0.717) is 19.4 Å². The molecular weight excluding hydrogens is 238 g/mol. The molecule has 0 spiro atoms. The third kappa shape index (κ3) is 2.46. The van der Waals surface area contributed by atoms with Gasteiger partial charge in [0.1, 0.15) is 0 Å². The van der Waals surface area contributed by atoms with Crippen molar-refractivity contribution in [1.82, 2.24) is 4.90 Å². The summed E-state index contributed by atoms with van der Waals surface area (Å²) in [6.07, 6.45) is 4.52. The largest absolute Gasteiger partial charge is 0.315 e. The fourth-order valence-corrected chi connectivity index (χ4v) is 2.93. The van der Waals surface area contributed by atoms with Gasteiger partial charge in [-0.05, 0) is 18.4 Å². The molecule has 0 saturated carbocycles. The van der Waals surface area contributed by atoms with E-state index in [0.717, 1.165) is 18.5 Å². The van der Waals surface area contributed by atoms with E-state index >= 15 is 0 Å². The number of benzene rings is 1. The van der Waals surface area contributed by atoms with Crippen LogP contribution in [0.3, 0.4) is 0 Å². The van der Waals surface area contributed by atoms with Gasteiger partial charge < -0.3 is 4.90 Å². The van der Waals surface area contributed by atoms with Crippen LogP contribution in [0.5, 0.6) is 0 Å². The Morgan fingerprint density at radius 1 is 1.16 bits per heavy atom. The first kappa shape index (κ1) is 12.2. The molecule has 3 rings (SSSR count). The highest BCUT2D eigenvalue weighted by atomic mass is 16.2. The standard InChI is InChI=1S/C16H17NO2/c18-14-7-6-13-10-16(19)17(15(13)11-14)9-8-12-4-2-1-3-5-12/h1-5,11,13H,6-10H2. The van der Waals surface area contributed by atoms with Gasteiger partial charge in [0.25, 0.3) is 0 Å². The highest BCUT2D eigenvalue weighted by Crippen LogP contribution is 2.35. The van der Waals surface area contributed by atoms with Crippen molar-refractivity contribution < 1.29 is 9.59 Å². The lowest BCUT2D eigenvalue weighted by atomic mass is 9.92. The zero-order valence-corrected chi connectivity index (χ0v) is 10.8. The highest BCUT2D eigenvalue weighted by molar-refractivity contribution is 5.94. The molecule has 1 heterocycles. The van der Waals surface area contributed by atoms with Gasteiger partial charge in [0.2, 0.25) is 5.91 Å². The van der Waals surface area contributed by atoms with Crippen molar-refractivity contribution in [3.05, 3.63) is 47.7 Å². The monoisotopic (exact) mass is 255 g/mol. The lowest BCUT2D eigenvalue weighted by Gasteiger charge is -2.23. The summed E-state index contributed by atoms with van der Waals surface area (Å²) in [5.74, 6) is 0.605. The molecule has 0 radical (unpaired) electrons. The molecular formula is C16H17NO2. The van der Waals surface area contributed by atoms with Crippen LogP contribution in [0.4, 0.5) is 0 Å². The number of ketones is 1. The topological polar surface area (TPSA) is 37.4 Å². The lowest BCUT2D eigenvalue weighted by Crippen LogP contribution is -2.27. The maximum atomic E-state index is 12.0. The van der Waals surface area contributed by atoms with Gasteiger partial charge in [0.05, 0.1) is 0 Å². The van der Waals surface area contributed by atoms with Gasteiger partial charge >= 0.3 is 0 Å². The predicted octanol–water partition coefficient (Wildman–Crippen LogP) is 2.32. The average molecular weight is 255 g/mol. The van der Waals surface area contributed by atoms with Crippen molar-refractivity contribution in [2.45, 2.75) is 25.7 Å². The summed E-state index contributed by atoms with van der Waals surface area (Å²) in [5, 5.41) is 0. The van der Waals surface area contributed by atoms with Gasteiger partial charge in [-0.2, -0.15) is 0 Å². The number of fused-ring (bicyclic) bond motifs is 1. The van der Waals surface area contributed by atoms with Gasteiger partial charge in [0.15, 0.2) is 5.78 Å². The van der Waals surface area contributed by atoms with E-state index in [2.05, 4.69) is 12.1 Å². The quantitative estimate of drug-likeness (QED) is 0.831. The summed E-state index contributed by atoms with van der Waals surface area (Å²) in [6, 6.07) is 10.1. The maximum absolute atomic E-state index is 12.0. The minimum atomic E-state index is 0.158. The van der Waals surface area contributed by atoms with Crippen LogP contribution in [0.1, 0.15) is 24.8 Å². The van der Waals surface area contributed by atoms with Crippen LogP contribution in [0.2, 0.25) is 0 Å².